The standard InChI is InChI=1S/C15H18N2O3/c1-7-8(2)10(4)12(11(5)9(7)3)13(18)14-16-20-15(19)17(14)6/h1-6H3. The zero-order chi connectivity index (χ0) is 15.2. The molecule has 0 fully saturated rings. The van der Waals surface area contributed by atoms with E-state index in [1.165, 1.54) is 12.6 Å². The molecule has 0 N–H and O–H groups in total. The van der Waals surface area contributed by atoms with Crippen molar-refractivity contribution in [2.45, 2.75) is 34.6 Å². The molecule has 5 heteroatoms. The van der Waals surface area contributed by atoms with Gasteiger partial charge in [0.2, 0.25) is 11.6 Å². The highest BCUT2D eigenvalue weighted by Crippen LogP contribution is 2.27. The second kappa shape index (κ2) is 4.74. The molecule has 20 heavy (non-hydrogen) atoms. The summed E-state index contributed by atoms with van der Waals surface area (Å²) in [4.78, 5) is 24.0. The first-order valence-electron chi connectivity index (χ1n) is 6.41. The number of rotatable bonds is 2. The van der Waals surface area contributed by atoms with Crippen LogP contribution in [0.3, 0.4) is 0 Å². The van der Waals surface area contributed by atoms with E-state index in [1.54, 1.807) is 0 Å². The third-order valence-corrected chi connectivity index (χ3v) is 4.23. The van der Waals surface area contributed by atoms with Gasteiger partial charge in [-0.15, -0.1) is 0 Å². The fourth-order valence-corrected chi connectivity index (χ4v) is 2.44. The van der Waals surface area contributed by atoms with Crippen LogP contribution < -0.4 is 5.76 Å². The summed E-state index contributed by atoms with van der Waals surface area (Å²) < 4.78 is 5.67. The number of carbonyl (C=O) groups excluding carboxylic acids is 1. The number of aromatic nitrogens is 2. The molecular weight excluding hydrogens is 256 g/mol. The first-order chi connectivity index (χ1) is 9.27. The average molecular weight is 274 g/mol. The van der Waals surface area contributed by atoms with Gasteiger partial charge in [0.1, 0.15) is 0 Å². The van der Waals surface area contributed by atoms with E-state index in [0.29, 0.717) is 5.56 Å². The Balaban J connectivity index is 2.74. The summed E-state index contributed by atoms with van der Waals surface area (Å²) >= 11 is 0. The average Bonchev–Trinajstić information content (AvgIpc) is 2.74. The largest absolute Gasteiger partial charge is 0.441 e. The van der Waals surface area contributed by atoms with Gasteiger partial charge in [-0.25, -0.2) is 4.79 Å². The Hall–Kier alpha value is -2.17. The van der Waals surface area contributed by atoms with Crippen molar-refractivity contribution >= 4 is 5.78 Å². The van der Waals surface area contributed by atoms with Crippen molar-refractivity contribution in [2.24, 2.45) is 7.05 Å². The van der Waals surface area contributed by atoms with Crippen LogP contribution in [0.25, 0.3) is 0 Å². The van der Waals surface area contributed by atoms with Gasteiger partial charge in [0.05, 0.1) is 0 Å². The molecule has 2 aromatic rings. The zero-order valence-electron chi connectivity index (χ0n) is 12.6. The minimum Gasteiger partial charge on any atom is -0.295 e. The van der Waals surface area contributed by atoms with Crippen molar-refractivity contribution in [3.05, 3.63) is 49.8 Å². The minimum atomic E-state index is -0.635. The highest BCUT2D eigenvalue weighted by atomic mass is 16.5. The minimum absolute atomic E-state index is 0.0313. The van der Waals surface area contributed by atoms with Crippen LogP contribution in [0.15, 0.2) is 9.32 Å². The Morgan fingerprint density at radius 2 is 1.40 bits per heavy atom. The third kappa shape index (κ3) is 1.90. The fourth-order valence-electron chi connectivity index (χ4n) is 2.44. The molecule has 1 aromatic heterocycles. The van der Waals surface area contributed by atoms with Crippen molar-refractivity contribution in [1.29, 1.82) is 0 Å². The smallest absolute Gasteiger partial charge is 0.295 e. The lowest BCUT2D eigenvalue weighted by Crippen LogP contribution is -2.19. The number of ketones is 1. The Morgan fingerprint density at radius 1 is 0.950 bits per heavy atom. The number of hydrogen-bond donors (Lipinski definition) is 0. The Bertz CT molecular complexity index is 737. The second-order valence-corrected chi connectivity index (χ2v) is 5.16. The number of nitrogens with zero attached hydrogens (tertiary/aromatic N) is 2. The molecule has 0 unspecified atom stereocenters. The van der Waals surface area contributed by atoms with Crippen LogP contribution in [-0.4, -0.2) is 15.5 Å². The van der Waals surface area contributed by atoms with Gasteiger partial charge in [-0.05, 0) is 62.4 Å². The quantitative estimate of drug-likeness (QED) is 0.787. The lowest BCUT2D eigenvalue weighted by Gasteiger charge is -2.17. The number of carbonyl (C=O) groups is 1. The van der Waals surface area contributed by atoms with Crippen LogP contribution in [0.5, 0.6) is 0 Å². The van der Waals surface area contributed by atoms with Gasteiger partial charge >= 0.3 is 5.76 Å². The van der Waals surface area contributed by atoms with Crippen LogP contribution in [0, 0.1) is 34.6 Å². The first kappa shape index (κ1) is 14.2. The highest BCUT2D eigenvalue weighted by molar-refractivity contribution is 6.09. The van der Waals surface area contributed by atoms with Crippen LogP contribution in [0.2, 0.25) is 0 Å². The van der Waals surface area contributed by atoms with Crippen LogP contribution in [-0.2, 0) is 7.05 Å². The predicted octanol–water partition coefficient (Wildman–Crippen LogP) is 2.15. The van der Waals surface area contributed by atoms with Gasteiger partial charge in [0, 0.05) is 12.6 Å². The van der Waals surface area contributed by atoms with E-state index in [0.717, 1.165) is 26.8 Å². The lowest BCUT2D eigenvalue weighted by molar-refractivity contribution is 0.102. The Labute approximate surface area is 117 Å². The Morgan fingerprint density at radius 3 is 1.80 bits per heavy atom. The molecule has 0 saturated carbocycles. The third-order valence-electron chi connectivity index (χ3n) is 4.23. The molecular formula is C15H18N2O3. The summed E-state index contributed by atoms with van der Waals surface area (Å²) in [6.07, 6.45) is 0. The summed E-state index contributed by atoms with van der Waals surface area (Å²) in [7, 11) is 1.48. The number of hydrogen-bond acceptors (Lipinski definition) is 4. The molecule has 2 rings (SSSR count). The van der Waals surface area contributed by atoms with Gasteiger partial charge in [-0.2, -0.15) is 0 Å². The van der Waals surface area contributed by atoms with E-state index < -0.39 is 5.76 Å². The maximum Gasteiger partial charge on any atom is 0.441 e. The summed E-state index contributed by atoms with van der Waals surface area (Å²) in [6.45, 7) is 9.87. The summed E-state index contributed by atoms with van der Waals surface area (Å²) in [5.41, 5.74) is 5.81. The van der Waals surface area contributed by atoms with Crippen molar-refractivity contribution in [2.75, 3.05) is 0 Å². The van der Waals surface area contributed by atoms with Crippen molar-refractivity contribution in [3.63, 3.8) is 0 Å². The van der Waals surface area contributed by atoms with Crippen molar-refractivity contribution in [3.8, 4) is 0 Å². The van der Waals surface area contributed by atoms with Gasteiger partial charge < -0.3 is 0 Å². The topological polar surface area (TPSA) is 65.1 Å². The van der Waals surface area contributed by atoms with E-state index in [4.69, 9.17) is 0 Å². The molecule has 0 aliphatic carbocycles. The van der Waals surface area contributed by atoms with Gasteiger partial charge in [0.15, 0.2) is 0 Å². The predicted molar refractivity (Wildman–Crippen MR) is 75.3 cm³/mol. The first-order valence-corrected chi connectivity index (χ1v) is 6.41. The summed E-state index contributed by atoms with van der Waals surface area (Å²) in [5.74, 6) is -0.882. The van der Waals surface area contributed by atoms with Crippen molar-refractivity contribution < 1.29 is 9.32 Å². The molecule has 0 amide bonds. The van der Waals surface area contributed by atoms with Gasteiger partial charge in [-0.3, -0.25) is 13.9 Å². The maximum atomic E-state index is 12.7. The van der Waals surface area contributed by atoms with Gasteiger partial charge in [-0.1, -0.05) is 5.16 Å². The molecule has 0 radical (unpaired) electrons. The molecule has 0 spiro atoms. The molecule has 0 saturated heterocycles. The van der Waals surface area contributed by atoms with E-state index >= 15 is 0 Å². The molecule has 0 bridgehead atoms. The normalized spacial score (nSPS) is 10.9. The van der Waals surface area contributed by atoms with E-state index in [2.05, 4.69) is 9.68 Å². The molecule has 1 aromatic carbocycles. The maximum absolute atomic E-state index is 12.7. The molecule has 5 nitrogen and oxygen atoms in total. The van der Waals surface area contributed by atoms with Crippen LogP contribution in [0.1, 0.15) is 44.0 Å². The van der Waals surface area contributed by atoms with Gasteiger partial charge in [0.25, 0.3) is 0 Å². The molecule has 1 heterocycles. The molecule has 0 aliphatic heterocycles. The molecule has 0 atom stereocenters. The summed E-state index contributed by atoms with van der Waals surface area (Å²) in [5, 5.41) is 3.58. The fraction of sp³-hybridized carbons (Fsp3) is 0.400. The summed E-state index contributed by atoms with van der Waals surface area (Å²) in [6, 6.07) is 0. The number of benzene rings is 1. The lowest BCUT2D eigenvalue weighted by atomic mass is 9.87. The van der Waals surface area contributed by atoms with Crippen LogP contribution in [0.4, 0.5) is 0 Å². The molecule has 106 valence electrons. The monoisotopic (exact) mass is 274 g/mol. The highest BCUT2D eigenvalue weighted by Gasteiger charge is 2.24. The van der Waals surface area contributed by atoms with E-state index in [-0.39, 0.29) is 11.6 Å². The zero-order valence-corrected chi connectivity index (χ0v) is 12.6. The Kier molecular flexibility index (Phi) is 3.38. The van der Waals surface area contributed by atoms with Crippen molar-refractivity contribution in [1.82, 2.24) is 9.72 Å². The second-order valence-electron chi connectivity index (χ2n) is 5.16. The molecule has 0 aliphatic rings. The van der Waals surface area contributed by atoms with E-state index in [1.807, 2.05) is 34.6 Å². The SMILES string of the molecule is Cc1c(C)c(C)c(C(=O)c2noc(=O)n2C)c(C)c1C. The van der Waals surface area contributed by atoms with E-state index in [9.17, 15) is 9.59 Å². The van der Waals surface area contributed by atoms with Crippen LogP contribution >= 0.6 is 0 Å².